The molecule has 0 aliphatic heterocycles. The molecule has 0 aliphatic carbocycles. The largest absolute Gasteiger partial charge is 0.458 e. The maximum atomic E-state index is 11.0. The number of hydrogen-bond donors (Lipinski definition) is 0. The molecule has 0 aromatic carbocycles. The zero-order chi connectivity index (χ0) is 13.5. The minimum Gasteiger partial charge on any atom is -0.458 e. The SMILES string of the molecule is CCCCCCCCCCCCOC(=O)SCC. The van der Waals surface area contributed by atoms with E-state index in [-0.39, 0.29) is 5.30 Å². The van der Waals surface area contributed by atoms with Gasteiger partial charge in [-0.3, -0.25) is 0 Å². The molecule has 0 atom stereocenters. The molecule has 0 saturated carbocycles. The van der Waals surface area contributed by atoms with Gasteiger partial charge in [-0.15, -0.1) is 0 Å². The van der Waals surface area contributed by atoms with E-state index < -0.39 is 0 Å². The van der Waals surface area contributed by atoms with Crippen molar-refractivity contribution in [3.05, 3.63) is 0 Å². The maximum absolute atomic E-state index is 11.0. The van der Waals surface area contributed by atoms with E-state index in [1.807, 2.05) is 6.92 Å². The molecular formula is C15H30O2S. The Kier molecular flexibility index (Phi) is 14.7. The van der Waals surface area contributed by atoms with Crippen LogP contribution in [0.4, 0.5) is 4.79 Å². The van der Waals surface area contributed by atoms with Crippen molar-refractivity contribution in [3.63, 3.8) is 0 Å². The number of thioether (sulfide) groups is 1. The Morgan fingerprint density at radius 2 is 1.33 bits per heavy atom. The number of ether oxygens (including phenoxy) is 1. The van der Waals surface area contributed by atoms with Gasteiger partial charge in [0.15, 0.2) is 0 Å². The third-order valence-corrected chi connectivity index (χ3v) is 3.62. The molecule has 0 aromatic rings. The molecular weight excluding hydrogens is 244 g/mol. The standard InChI is InChI=1S/C15H30O2S/c1-3-5-6-7-8-9-10-11-12-13-14-17-15(16)18-4-2/h3-14H2,1-2H3. The van der Waals surface area contributed by atoms with Crippen LogP contribution in [0, 0.1) is 0 Å². The Hall–Kier alpha value is -0.180. The van der Waals surface area contributed by atoms with Crippen LogP contribution in [0.1, 0.15) is 78.1 Å². The summed E-state index contributed by atoms with van der Waals surface area (Å²) in [6.07, 6.45) is 13.1. The van der Waals surface area contributed by atoms with E-state index in [1.165, 1.54) is 69.5 Å². The predicted octanol–water partition coefficient (Wildman–Crippen LogP) is 5.80. The van der Waals surface area contributed by atoms with Gasteiger partial charge in [0, 0.05) is 5.75 Å². The Morgan fingerprint density at radius 1 is 0.833 bits per heavy atom. The van der Waals surface area contributed by atoms with Gasteiger partial charge < -0.3 is 4.74 Å². The van der Waals surface area contributed by atoms with Gasteiger partial charge in [-0.1, -0.05) is 71.6 Å². The molecule has 3 heteroatoms. The highest BCUT2D eigenvalue weighted by atomic mass is 32.2. The first-order valence-corrected chi connectivity index (χ1v) is 8.59. The van der Waals surface area contributed by atoms with Crippen molar-refractivity contribution in [3.8, 4) is 0 Å². The lowest BCUT2D eigenvalue weighted by atomic mass is 10.1. The smallest absolute Gasteiger partial charge is 0.367 e. The fourth-order valence-electron chi connectivity index (χ4n) is 1.90. The number of rotatable bonds is 12. The maximum Gasteiger partial charge on any atom is 0.367 e. The zero-order valence-corrected chi connectivity index (χ0v) is 13.0. The summed E-state index contributed by atoms with van der Waals surface area (Å²) in [5.41, 5.74) is 0. The van der Waals surface area contributed by atoms with E-state index in [4.69, 9.17) is 4.74 Å². The number of carbonyl (C=O) groups excluding carboxylic acids is 1. The summed E-state index contributed by atoms with van der Waals surface area (Å²) in [4.78, 5) is 11.0. The van der Waals surface area contributed by atoms with E-state index in [9.17, 15) is 4.79 Å². The zero-order valence-electron chi connectivity index (χ0n) is 12.2. The summed E-state index contributed by atoms with van der Waals surface area (Å²) < 4.78 is 5.08. The van der Waals surface area contributed by atoms with Gasteiger partial charge in [0.1, 0.15) is 0 Å². The Labute approximate surface area is 117 Å². The first-order valence-electron chi connectivity index (χ1n) is 7.60. The quantitative estimate of drug-likeness (QED) is 0.332. The lowest BCUT2D eigenvalue weighted by Crippen LogP contribution is -1.99. The molecule has 0 bridgehead atoms. The van der Waals surface area contributed by atoms with Crippen molar-refractivity contribution in [1.29, 1.82) is 0 Å². The molecule has 108 valence electrons. The molecule has 0 unspecified atom stereocenters. The normalized spacial score (nSPS) is 10.6. The van der Waals surface area contributed by atoms with Crippen LogP contribution in [0.15, 0.2) is 0 Å². The molecule has 0 aliphatic rings. The minimum atomic E-state index is -0.117. The fraction of sp³-hybridized carbons (Fsp3) is 0.933. The summed E-state index contributed by atoms with van der Waals surface area (Å²) in [6, 6.07) is 0. The van der Waals surface area contributed by atoms with Gasteiger partial charge in [-0.2, -0.15) is 0 Å². The second-order valence-electron chi connectivity index (χ2n) is 4.71. The fourth-order valence-corrected chi connectivity index (χ4v) is 2.31. The summed E-state index contributed by atoms with van der Waals surface area (Å²) in [5, 5.41) is -0.117. The molecule has 0 fully saturated rings. The van der Waals surface area contributed by atoms with Crippen LogP contribution in [0.25, 0.3) is 0 Å². The average molecular weight is 274 g/mol. The molecule has 0 heterocycles. The first-order chi connectivity index (χ1) is 8.81. The monoisotopic (exact) mass is 274 g/mol. The van der Waals surface area contributed by atoms with Crippen molar-refractivity contribution in [1.82, 2.24) is 0 Å². The van der Waals surface area contributed by atoms with Gasteiger partial charge in [-0.25, -0.2) is 4.79 Å². The van der Waals surface area contributed by atoms with E-state index in [1.54, 1.807) is 0 Å². The van der Waals surface area contributed by atoms with Crippen LogP contribution in [-0.2, 0) is 4.74 Å². The van der Waals surface area contributed by atoms with Crippen LogP contribution in [0.3, 0.4) is 0 Å². The summed E-state index contributed by atoms with van der Waals surface area (Å²) in [6.45, 7) is 4.82. The Bertz CT molecular complexity index is 183. The Morgan fingerprint density at radius 3 is 1.83 bits per heavy atom. The second-order valence-corrected chi connectivity index (χ2v) is 5.91. The van der Waals surface area contributed by atoms with Crippen LogP contribution in [0.2, 0.25) is 0 Å². The van der Waals surface area contributed by atoms with E-state index in [0.29, 0.717) is 6.61 Å². The topological polar surface area (TPSA) is 26.3 Å². The highest BCUT2D eigenvalue weighted by molar-refractivity contribution is 8.13. The lowest BCUT2D eigenvalue weighted by molar-refractivity contribution is 0.172. The van der Waals surface area contributed by atoms with Crippen molar-refractivity contribution in [2.24, 2.45) is 0 Å². The van der Waals surface area contributed by atoms with Gasteiger partial charge in [-0.05, 0) is 18.2 Å². The average Bonchev–Trinajstić information content (AvgIpc) is 2.36. The van der Waals surface area contributed by atoms with Crippen molar-refractivity contribution in [2.45, 2.75) is 78.1 Å². The van der Waals surface area contributed by atoms with Gasteiger partial charge >= 0.3 is 5.30 Å². The molecule has 0 N–H and O–H groups in total. The van der Waals surface area contributed by atoms with Crippen LogP contribution < -0.4 is 0 Å². The van der Waals surface area contributed by atoms with Crippen LogP contribution in [0.5, 0.6) is 0 Å². The van der Waals surface area contributed by atoms with E-state index in [0.717, 1.165) is 12.2 Å². The van der Waals surface area contributed by atoms with Crippen molar-refractivity contribution < 1.29 is 9.53 Å². The number of unbranched alkanes of at least 4 members (excludes halogenated alkanes) is 9. The molecule has 0 aromatic heterocycles. The van der Waals surface area contributed by atoms with Gasteiger partial charge in [0.05, 0.1) is 6.61 Å². The van der Waals surface area contributed by atoms with Gasteiger partial charge in [0.25, 0.3) is 0 Å². The van der Waals surface area contributed by atoms with Crippen molar-refractivity contribution in [2.75, 3.05) is 12.4 Å². The summed E-state index contributed by atoms with van der Waals surface area (Å²) in [5.74, 6) is 0.802. The molecule has 18 heavy (non-hydrogen) atoms. The predicted molar refractivity (Wildman–Crippen MR) is 81.3 cm³/mol. The third-order valence-electron chi connectivity index (χ3n) is 2.98. The first kappa shape index (κ1) is 17.8. The number of carbonyl (C=O) groups is 1. The lowest BCUT2D eigenvalue weighted by Gasteiger charge is -2.04. The molecule has 0 saturated heterocycles. The molecule has 0 spiro atoms. The Balaban J connectivity index is 3.01. The molecule has 0 rings (SSSR count). The third kappa shape index (κ3) is 13.9. The molecule has 2 nitrogen and oxygen atoms in total. The van der Waals surface area contributed by atoms with Gasteiger partial charge in [0.2, 0.25) is 0 Å². The molecule has 0 radical (unpaired) electrons. The summed E-state index contributed by atoms with van der Waals surface area (Å²) >= 11 is 1.25. The molecule has 0 amide bonds. The van der Waals surface area contributed by atoms with Crippen LogP contribution >= 0.6 is 11.8 Å². The summed E-state index contributed by atoms with van der Waals surface area (Å²) in [7, 11) is 0. The highest BCUT2D eigenvalue weighted by Gasteiger charge is 2.00. The number of hydrogen-bond acceptors (Lipinski definition) is 3. The van der Waals surface area contributed by atoms with Crippen LogP contribution in [-0.4, -0.2) is 17.7 Å². The van der Waals surface area contributed by atoms with E-state index in [2.05, 4.69) is 6.92 Å². The van der Waals surface area contributed by atoms with E-state index >= 15 is 0 Å². The second kappa shape index (κ2) is 14.9. The van der Waals surface area contributed by atoms with Crippen molar-refractivity contribution >= 4 is 17.1 Å². The highest BCUT2D eigenvalue weighted by Crippen LogP contribution is 2.11. The minimum absolute atomic E-state index is 0.117.